The normalized spacial score (nSPS) is 12.3. The maximum absolute atomic E-state index is 12.7. The first-order chi connectivity index (χ1) is 9.38. The zero-order valence-corrected chi connectivity index (χ0v) is 13.8. The Morgan fingerprint density at radius 2 is 1.80 bits per heavy atom. The van der Waals surface area contributed by atoms with Gasteiger partial charge in [-0.1, -0.05) is 37.0 Å². The van der Waals surface area contributed by atoms with Crippen molar-refractivity contribution in [2.75, 3.05) is 13.2 Å². The van der Waals surface area contributed by atoms with E-state index in [0.717, 1.165) is 0 Å². The van der Waals surface area contributed by atoms with Gasteiger partial charge in [0.05, 0.1) is 21.5 Å². The maximum Gasteiger partial charge on any atom is 0.243 e. The van der Waals surface area contributed by atoms with Crippen LogP contribution in [0.4, 0.5) is 0 Å². The molecule has 20 heavy (non-hydrogen) atoms. The molecule has 0 fully saturated rings. The van der Waals surface area contributed by atoms with Crippen molar-refractivity contribution < 1.29 is 13.5 Å². The van der Waals surface area contributed by atoms with Crippen LogP contribution >= 0.6 is 23.2 Å². The van der Waals surface area contributed by atoms with Crippen LogP contribution in [0.2, 0.25) is 10.0 Å². The Balaban J connectivity index is 3.24. The largest absolute Gasteiger partial charge is 0.395 e. The molecule has 0 heterocycles. The number of hydrogen-bond donors (Lipinski definition) is 1. The van der Waals surface area contributed by atoms with E-state index in [1.165, 1.54) is 22.5 Å². The molecule has 0 amide bonds. The molecule has 0 bridgehead atoms. The van der Waals surface area contributed by atoms with Gasteiger partial charge >= 0.3 is 0 Å². The monoisotopic (exact) mass is 339 g/mol. The summed E-state index contributed by atoms with van der Waals surface area (Å²) >= 11 is 11.7. The number of benzene rings is 1. The summed E-state index contributed by atoms with van der Waals surface area (Å²) in [7, 11) is -3.70. The van der Waals surface area contributed by atoms with E-state index >= 15 is 0 Å². The summed E-state index contributed by atoms with van der Waals surface area (Å²) in [5.41, 5.74) is 0. The lowest BCUT2D eigenvalue weighted by molar-refractivity contribution is 0.219. The molecule has 0 aliphatic carbocycles. The summed E-state index contributed by atoms with van der Waals surface area (Å²) in [6.45, 7) is 3.68. The molecular weight excluding hydrogens is 321 g/mol. The number of halogens is 2. The molecule has 0 aliphatic rings. The fourth-order valence-electron chi connectivity index (χ4n) is 2.07. The highest BCUT2D eigenvalue weighted by atomic mass is 35.5. The Hall–Kier alpha value is -0.330. The van der Waals surface area contributed by atoms with Gasteiger partial charge in [0.1, 0.15) is 0 Å². The minimum atomic E-state index is -3.70. The van der Waals surface area contributed by atoms with E-state index in [4.69, 9.17) is 28.3 Å². The van der Waals surface area contributed by atoms with E-state index in [1.54, 1.807) is 0 Å². The van der Waals surface area contributed by atoms with Gasteiger partial charge in [-0.25, -0.2) is 8.42 Å². The van der Waals surface area contributed by atoms with Crippen molar-refractivity contribution in [1.82, 2.24) is 4.31 Å². The number of sulfonamides is 1. The Morgan fingerprint density at radius 3 is 2.25 bits per heavy atom. The van der Waals surface area contributed by atoms with Gasteiger partial charge in [0.2, 0.25) is 10.0 Å². The molecule has 114 valence electrons. The van der Waals surface area contributed by atoms with E-state index in [-0.39, 0.29) is 29.1 Å². The molecule has 0 aliphatic heterocycles. The van der Waals surface area contributed by atoms with Gasteiger partial charge in [0.15, 0.2) is 0 Å². The third kappa shape index (κ3) is 3.86. The van der Waals surface area contributed by atoms with E-state index in [2.05, 4.69) is 0 Å². The highest BCUT2D eigenvalue weighted by Gasteiger charge is 2.29. The van der Waals surface area contributed by atoms with Gasteiger partial charge in [-0.05, 0) is 31.0 Å². The first-order valence-corrected chi connectivity index (χ1v) is 8.65. The second-order valence-electron chi connectivity index (χ2n) is 4.39. The second-order valence-corrected chi connectivity index (χ2v) is 7.09. The van der Waals surface area contributed by atoms with Gasteiger partial charge in [-0.2, -0.15) is 4.31 Å². The smallest absolute Gasteiger partial charge is 0.243 e. The third-order valence-corrected chi connectivity index (χ3v) is 5.85. The SMILES string of the molecule is CCC(CC)N(CCO)S(=O)(=O)c1ccc(Cl)c(Cl)c1. The number of rotatable bonds is 7. The molecule has 1 rings (SSSR count). The lowest BCUT2D eigenvalue weighted by atomic mass is 10.2. The molecule has 0 saturated carbocycles. The van der Waals surface area contributed by atoms with Crippen molar-refractivity contribution in [3.05, 3.63) is 28.2 Å². The molecule has 0 radical (unpaired) electrons. The summed E-state index contributed by atoms with van der Waals surface area (Å²) in [5.74, 6) is 0. The molecule has 0 unspecified atom stereocenters. The standard InChI is InChI=1S/C13H19Cl2NO3S/c1-3-10(4-2)16(7-8-17)20(18,19)11-5-6-12(14)13(15)9-11/h5-6,9-10,17H,3-4,7-8H2,1-2H3. The van der Waals surface area contributed by atoms with Crippen LogP contribution in [0, 0.1) is 0 Å². The average molecular weight is 340 g/mol. The van der Waals surface area contributed by atoms with Crippen LogP contribution in [0.1, 0.15) is 26.7 Å². The van der Waals surface area contributed by atoms with Crippen LogP contribution in [0.15, 0.2) is 23.1 Å². The molecule has 0 aromatic heterocycles. The van der Waals surface area contributed by atoms with Crippen molar-refractivity contribution in [2.24, 2.45) is 0 Å². The van der Waals surface area contributed by atoms with Crippen molar-refractivity contribution in [3.8, 4) is 0 Å². The minimum absolute atomic E-state index is 0.0644. The van der Waals surface area contributed by atoms with Gasteiger partial charge in [-0.3, -0.25) is 0 Å². The zero-order chi connectivity index (χ0) is 15.3. The number of nitrogens with zero attached hydrogens (tertiary/aromatic N) is 1. The predicted molar refractivity (Wildman–Crippen MR) is 81.8 cm³/mol. The summed E-state index contributed by atoms with van der Waals surface area (Å²) in [6.07, 6.45) is 1.36. The fourth-order valence-corrected chi connectivity index (χ4v) is 4.22. The molecular formula is C13H19Cl2NO3S. The topological polar surface area (TPSA) is 57.6 Å². The molecule has 1 aromatic rings. The van der Waals surface area contributed by atoms with Gasteiger partial charge in [-0.15, -0.1) is 0 Å². The first kappa shape index (κ1) is 17.7. The predicted octanol–water partition coefficient (Wildman–Crippen LogP) is 3.17. The number of aliphatic hydroxyl groups excluding tert-OH is 1. The maximum atomic E-state index is 12.7. The van der Waals surface area contributed by atoms with Gasteiger partial charge < -0.3 is 5.11 Å². The van der Waals surface area contributed by atoms with E-state index in [9.17, 15) is 8.42 Å². The zero-order valence-electron chi connectivity index (χ0n) is 11.5. The third-order valence-electron chi connectivity index (χ3n) is 3.17. The Bertz CT molecular complexity index is 545. The molecule has 7 heteroatoms. The van der Waals surface area contributed by atoms with Crippen LogP contribution < -0.4 is 0 Å². The highest BCUT2D eigenvalue weighted by molar-refractivity contribution is 7.89. The average Bonchev–Trinajstić information content (AvgIpc) is 2.42. The lowest BCUT2D eigenvalue weighted by Crippen LogP contribution is -2.41. The molecule has 4 nitrogen and oxygen atoms in total. The minimum Gasteiger partial charge on any atom is -0.395 e. The van der Waals surface area contributed by atoms with Crippen molar-refractivity contribution in [1.29, 1.82) is 0 Å². The summed E-state index contributed by atoms with van der Waals surface area (Å²) in [6, 6.07) is 4.07. The second kappa shape index (κ2) is 7.61. The molecule has 0 atom stereocenters. The van der Waals surface area contributed by atoms with Crippen molar-refractivity contribution >= 4 is 33.2 Å². The van der Waals surface area contributed by atoms with E-state index < -0.39 is 10.0 Å². The molecule has 0 saturated heterocycles. The highest BCUT2D eigenvalue weighted by Crippen LogP contribution is 2.28. The van der Waals surface area contributed by atoms with Crippen LogP contribution in [0.5, 0.6) is 0 Å². The van der Waals surface area contributed by atoms with E-state index in [0.29, 0.717) is 17.9 Å². The van der Waals surface area contributed by atoms with Crippen molar-refractivity contribution in [3.63, 3.8) is 0 Å². The van der Waals surface area contributed by atoms with Crippen molar-refractivity contribution in [2.45, 2.75) is 37.6 Å². The molecule has 0 spiro atoms. The van der Waals surface area contributed by atoms with Crippen LogP contribution in [-0.4, -0.2) is 37.0 Å². The Morgan fingerprint density at radius 1 is 1.20 bits per heavy atom. The van der Waals surface area contributed by atoms with Crippen LogP contribution in [0.3, 0.4) is 0 Å². The first-order valence-electron chi connectivity index (χ1n) is 6.46. The summed E-state index contributed by atoms with van der Waals surface area (Å²) < 4.78 is 26.6. The lowest BCUT2D eigenvalue weighted by Gasteiger charge is -2.29. The van der Waals surface area contributed by atoms with Crippen LogP contribution in [-0.2, 0) is 10.0 Å². The fraction of sp³-hybridized carbons (Fsp3) is 0.538. The van der Waals surface area contributed by atoms with Crippen LogP contribution in [0.25, 0.3) is 0 Å². The Labute approximate surface area is 130 Å². The molecule has 1 N–H and O–H groups in total. The Kier molecular flexibility index (Phi) is 6.75. The van der Waals surface area contributed by atoms with Gasteiger partial charge in [0, 0.05) is 12.6 Å². The summed E-state index contributed by atoms with van der Waals surface area (Å²) in [5, 5.41) is 9.64. The quantitative estimate of drug-likeness (QED) is 0.829. The molecule has 1 aromatic carbocycles. The van der Waals surface area contributed by atoms with E-state index in [1.807, 2.05) is 13.8 Å². The number of hydrogen-bond acceptors (Lipinski definition) is 3. The summed E-state index contributed by atoms with van der Waals surface area (Å²) in [4.78, 5) is 0.0900. The number of aliphatic hydroxyl groups is 1. The van der Waals surface area contributed by atoms with Gasteiger partial charge in [0.25, 0.3) is 0 Å².